The molecular weight excluding hydrogens is 817 g/mol. The van der Waals surface area contributed by atoms with Gasteiger partial charge in [0.1, 0.15) is 17.3 Å². The molecule has 0 saturated heterocycles. The van der Waals surface area contributed by atoms with Crippen LogP contribution in [0, 0.1) is 10.8 Å². The lowest BCUT2D eigenvalue weighted by Crippen LogP contribution is -2.32. The van der Waals surface area contributed by atoms with E-state index in [4.69, 9.17) is 9.72 Å². The van der Waals surface area contributed by atoms with Crippen LogP contribution in [0.25, 0.3) is 27.6 Å². The van der Waals surface area contributed by atoms with Crippen molar-refractivity contribution in [1.82, 2.24) is 9.55 Å². The van der Waals surface area contributed by atoms with E-state index in [1.54, 1.807) is 0 Å². The first-order valence-electron chi connectivity index (χ1n) is 24.0. The molecule has 1 aliphatic heterocycles. The molecule has 0 spiro atoms. The number of nitrogens with zero attached hydrogens (tertiary/aromatic N) is 4. The summed E-state index contributed by atoms with van der Waals surface area (Å²) in [5, 5.41) is 2.35. The summed E-state index contributed by atoms with van der Waals surface area (Å²) >= 11 is 0. The Morgan fingerprint density at radius 3 is 1.52 bits per heavy atom. The van der Waals surface area contributed by atoms with Crippen molar-refractivity contribution >= 4 is 33.2 Å². The van der Waals surface area contributed by atoms with Crippen LogP contribution in [-0.4, -0.2) is 16.2 Å². The monoisotopic (exact) mass is 885 g/mol. The van der Waals surface area contributed by atoms with Gasteiger partial charge in [-0.3, -0.25) is 4.57 Å². The summed E-state index contributed by atoms with van der Waals surface area (Å²) in [7, 11) is 0. The van der Waals surface area contributed by atoms with Crippen molar-refractivity contribution in [3.05, 3.63) is 203 Å². The molecule has 6 aromatic carbocycles. The molecule has 5 nitrogen and oxygen atoms in total. The van der Waals surface area contributed by atoms with Gasteiger partial charge in [0.05, 0.1) is 17.7 Å². The number of hydrogen-bond acceptors (Lipinski definition) is 4. The Balaban J connectivity index is 1.14. The average molecular weight is 885 g/mol. The van der Waals surface area contributed by atoms with Crippen molar-refractivity contribution in [2.24, 2.45) is 10.8 Å². The lowest BCUT2D eigenvalue weighted by Gasteiger charge is -2.36. The molecule has 0 saturated carbocycles. The van der Waals surface area contributed by atoms with Crippen molar-refractivity contribution < 1.29 is 4.74 Å². The van der Waals surface area contributed by atoms with Crippen LogP contribution in [0.5, 0.6) is 11.5 Å². The minimum Gasteiger partial charge on any atom is -0.457 e. The zero-order valence-electron chi connectivity index (χ0n) is 42.0. The van der Waals surface area contributed by atoms with Crippen LogP contribution in [0.2, 0.25) is 0 Å². The number of anilines is 2. The van der Waals surface area contributed by atoms with Crippen molar-refractivity contribution in [2.45, 2.75) is 106 Å². The second-order valence-electron chi connectivity index (χ2n) is 22.7. The summed E-state index contributed by atoms with van der Waals surface area (Å²) in [5.41, 5.74) is 12.7. The van der Waals surface area contributed by atoms with E-state index in [0.29, 0.717) is 6.67 Å². The third-order valence-corrected chi connectivity index (χ3v) is 14.0. The van der Waals surface area contributed by atoms with Gasteiger partial charge in [-0.15, -0.1) is 0 Å². The summed E-state index contributed by atoms with van der Waals surface area (Å²) in [4.78, 5) is 10.0. The summed E-state index contributed by atoms with van der Waals surface area (Å²) < 4.78 is 9.15. The average Bonchev–Trinajstić information content (AvgIpc) is 3.88. The minimum atomic E-state index is -0.243. The molecule has 0 N–H and O–H groups in total. The zero-order chi connectivity index (χ0) is 47.7. The van der Waals surface area contributed by atoms with Crippen molar-refractivity contribution in [1.29, 1.82) is 0 Å². The molecule has 342 valence electrons. The van der Waals surface area contributed by atoms with Crippen molar-refractivity contribution in [3.63, 3.8) is 0 Å². The Morgan fingerprint density at radius 2 is 0.940 bits per heavy atom. The largest absolute Gasteiger partial charge is 0.457 e. The number of rotatable bonds is 9. The van der Waals surface area contributed by atoms with Gasteiger partial charge in [-0.25, -0.2) is 4.98 Å². The molecule has 0 unspecified atom stereocenters. The van der Waals surface area contributed by atoms with E-state index in [2.05, 4.69) is 262 Å². The number of aromatic nitrogens is 2. The molecule has 2 aromatic heterocycles. The molecule has 5 heteroatoms. The smallest absolute Gasteiger partial charge is 0.137 e. The van der Waals surface area contributed by atoms with Crippen LogP contribution in [0.1, 0.15) is 118 Å². The van der Waals surface area contributed by atoms with Crippen molar-refractivity contribution in [3.8, 4) is 17.3 Å². The van der Waals surface area contributed by atoms with E-state index in [1.807, 2.05) is 6.20 Å². The van der Waals surface area contributed by atoms with Gasteiger partial charge in [0, 0.05) is 73.5 Å². The van der Waals surface area contributed by atoms with Gasteiger partial charge in [0.25, 0.3) is 0 Å². The number of hydrogen-bond donors (Lipinski definition) is 0. The molecule has 8 aromatic rings. The third kappa shape index (κ3) is 8.54. The number of pyridine rings is 1. The quantitative estimate of drug-likeness (QED) is 0.145. The molecule has 9 rings (SSSR count). The molecule has 0 aliphatic carbocycles. The van der Waals surface area contributed by atoms with Crippen LogP contribution < -0.4 is 14.5 Å². The summed E-state index contributed by atoms with van der Waals surface area (Å²) in [6.07, 6.45) is 1.93. The van der Waals surface area contributed by atoms with Crippen LogP contribution >= 0.6 is 0 Å². The van der Waals surface area contributed by atoms with E-state index < -0.39 is 0 Å². The van der Waals surface area contributed by atoms with Gasteiger partial charge in [0.2, 0.25) is 0 Å². The third-order valence-electron chi connectivity index (χ3n) is 14.0. The highest BCUT2D eigenvalue weighted by atomic mass is 16.5. The normalized spacial score (nSPS) is 14.2. The molecule has 0 atom stereocenters. The summed E-state index contributed by atoms with van der Waals surface area (Å²) in [6.45, 7) is 31.0. The summed E-state index contributed by atoms with van der Waals surface area (Å²) in [5.74, 6) is 2.46. The fraction of sp³-hybridized carbons (Fsp3) is 0.306. The van der Waals surface area contributed by atoms with Gasteiger partial charge >= 0.3 is 0 Å². The lowest BCUT2D eigenvalue weighted by molar-refractivity contribution is 0.444. The van der Waals surface area contributed by atoms with Crippen LogP contribution in [-0.2, 0) is 16.2 Å². The van der Waals surface area contributed by atoms with E-state index in [1.165, 1.54) is 50.3 Å². The molecule has 3 heterocycles. The van der Waals surface area contributed by atoms with E-state index in [0.717, 1.165) is 39.4 Å². The molecule has 0 fully saturated rings. The predicted octanol–water partition coefficient (Wildman–Crippen LogP) is 16.5. The number of ether oxygens (including phenoxy) is 1. The second-order valence-corrected chi connectivity index (χ2v) is 22.7. The van der Waals surface area contributed by atoms with E-state index in [-0.39, 0.29) is 27.1 Å². The predicted molar refractivity (Wildman–Crippen MR) is 283 cm³/mol. The van der Waals surface area contributed by atoms with Crippen molar-refractivity contribution in [2.75, 3.05) is 16.5 Å². The minimum absolute atomic E-state index is 0.0106. The van der Waals surface area contributed by atoms with Crippen LogP contribution in [0.3, 0.4) is 0 Å². The Labute approximate surface area is 399 Å². The molecule has 0 bridgehead atoms. The molecular formula is C62H68N4O. The first-order chi connectivity index (χ1) is 31.6. The molecule has 0 amide bonds. The maximum absolute atomic E-state index is 6.88. The number of fused-ring (bicyclic) bond motifs is 3. The van der Waals surface area contributed by atoms with Crippen LogP contribution in [0.4, 0.5) is 11.4 Å². The number of allylic oxidation sites excluding steroid dienone is 2. The molecule has 1 aliphatic rings. The molecule has 0 radical (unpaired) electrons. The fourth-order valence-electron chi connectivity index (χ4n) is 10.1. The first kappa shape index (κ1) is 45.6. The van der Waals surface area contributed by atoms with E-state index in [9.17, 15) is 0 Å². The highest BCUT2D eigenvalue weighted by Crippen LogP contribution is 2.50. The SMILES string of the molecule is CC(C)(C)C1=C(C(C)(C)C)N(c2cc(C(C)(C)c3ccccc3)cc(C(C)(C)c3ccccc3)c2)CN1c1cccc(Oc2ccc3c4ccccc4n(-c4cc(C(C)(C)C)ccn4)c3c2)c1. The topological polar surface area (TPSA) is 33.5 Å². The Bertz CT molecular complexity index is 3060. The van der Waals surface area contributed by atoms with Gasteiger partial charge in [-0.1, -0.05) is 181 Å². The Morgan fingerprint density at radius 1 is 0.403 bits per heavy atom. The van der Waals surface area contributed by atoms with Gasteiger partial charge < -0.3 is 14.5 Å². The van der Waals surface area contributed by atoms with E-state index >= 15 is 0 Å². The lowest BCUT2D eigenvalue weighted by atomic mass is 9.73. The Hall–Kier alpha value is -6.59. The highest BCUT2D eigenvalue weighted by Gasteiger charge is 2.42. The second kappa shape index (κ2) is 16.6. The number of para-hydroxylation sites is 1. The number of benzene rings is 6. The van der Waals surface area contributed by atoms with Gasteiger partial charge in [-0.2, -0.15) is 0 Å². The summed E-state index contributed by atoms with van der Waals surface area (Å²) in [6, 6.07) is 57.3. The zero-order valence-corrected chi connectivity index (χ0v) is 42.0. The standard InChI is InChI=1S/C62H68N4O/c1-58(2,3)44-33-34-63-55(38-44)66-53-30-21-20-29-51(53)52-32-31-50(40-54(52)66)67-49-28-22-27-47(39-49)64-41-65(57(60(7,8)9)56(64)59(4,5)6)48-36-45(61(10,11)42-23-16-14-17-24-42)35-46(37-48)62(12,13)43-25-18-15-19-26-43/h14-40H,41H2,1-13H3. The fourth-order valence-corrected chi connectivity index (χ4v) is 10.1. The van der Waals surface area contributed by atoms with Gasteiger partial charge in [0.15, 0.2) is 0 Å². The van der Waals surface area contributed by atoms with Crippen LogP contribution in [0.15, 0.2) is 175 Å². The van der Waals surface area contributed by atoms with Gasteiger partial charge in [-0.05, 0) is 87.8 Å². The highest BCUT2D eigenvalue weighted by molar-refractivity contribution is 6.09. The maximum Gasteiger partial charge on any atom is 0.137 e. The molecule has 67 heavy (non-hydrogen) atoms. The Kier molecular flexibility index (Phi) is 11.3. The maximum atomic E-state index is 6.88. The first-order valence-corrected chi connectivity index (χ1v) is 24.0.